The van der Waals surface area contributed by atoms with Gasteiger partial charge in [-0.2, -0.15) is 0 Å². The molecular formula is C22H23N3O2. The average molecular weight is 361 g/mol. The van der Waals surface area contributed by atoms with Crippen molar-refractivity contribution in [2.45, 2.75) is 44.9 Å². The second-order valence-electron chi connectivity index (χ2n) is 7.50. The maximum Gasteiger partial charge on any atom is 0.169 e. The van der Waals surface area contributed by atoms with Crippen LogP contribution in [-0.2, 0) is 10.2 Å². The van der Waals surface area contributed by atoms with Gasteiger partial charge in [0.1, 0.15) is 12.9 Å². The fourth-order valence-electron chi connectivity index (χ4n) is 4.42. The Balaban J connectivity index is 1.70. The zero-order valence-corrected chi connectivity index (χ0v) is 15.7. The highest BCUT2D eigenvalue weighted by atomic mass is 16.3. The van der Waals surface area contributed by atoms with E-state index in [-0.39, 0.29) is 5.78 Å². The Labute approximate surface area is 158 Å². The second-order valence-corrected chi connectivity index (χ2v) is 7.50. The minimum atomic E-state index is -0.665. The monoisotopic (exact) mass is 361 g/mol. The molecule has 1 atom stereocenters. The van der Waals surface area contributed by atoms with Gasteiger partial charge >= 0.3 is 0 Å². The van der Waals surface area contributed by atoms with Crippen LogP contribution in [0, 0.1) is 13.8 Å². The SMILES string of the molecule is Cc1cccc(C2(C(=O)CO)CCC3=C(CC(c4cncnc4)=N3)C2)c1C. The standard InChI is InChI=1S/C22H23N3O2/c1-14-4-3-5-18(15(14)2)22(21(27)12-26)7-6-19-16(9-22)8-20(25-19)17-10-23-13-24-11-17/h3-5,10-11,13,26H,6-9,12H2,1-2H3. The number of benzene rings is 1. The Kier molecular flexibility index (Phi) is 4.48. The Bertz CT molecular complexity index is 963. The van der Waals surface area contributed by atoms with E-state index in [1.807, 2.05) is 12.1 Å². The maximum atomic E-state index is 13.0. The fraction of sp³-hybridized carbons (Fsp3) is 0.364. The van der Waals surface area contributed by atoms with Gasteiger partial charge in [0.15, 0.2) is 5.78 Å². The van der Waals surface area contributed by atoms with Crippen molar-refractivity contribution >= 4 is 11.5 Å². The topological polar surface area (TPSA) is 75.4 Å². The molecule has 1 N–H and O–H groups in total. The van der Waals surface area contributed by atoms with Crippen LogP contribution in [0.15, 0.2) is 53.2 Å². The van der Waals surface area contributed by atoms with Gasteiger partial charge in [-0.1, -0.05) is 18.2 Å². The smallest absolute Gasteiger partial charge is 0.169 e. The third-order valence-corrected chi connectivity index (χ3v) is 6.05. The van der Waals surface area contributed by atoms with Gasteiger partial charge < -0.3 is 5.11 Å². The molecule has 138 valence electrons. The number of aliphatic hydroxyl groups excluding tert-OH is 1. The van der Waals surface area contributed by atoms with Crippen LogP contribution in [0.25, 0.3) is 0 Å². The van der Waals surface area contributed by atoms with Gasteiger partial charge in [-0.05, 0) is 55.4 Å². The third-order valence-electron chi connectivity index (χ3n) is 6.05. The predicted octanol–water partition coefficient (Wildman–Crippen LogP) is 3.22. The van der Waals surface area contributed by atoms with Crippen LogP contribution in [-0.4, -0.2) is 33.2 Å². The predicted molar refractivity (Wildman–Crippen MR) is 104 cm³/mol. The number of allylic oxidation sites excluding steroid dienone is 2. The summed E-state index contributed by atoms with van der Waals surface area (Å²) >= 11 is 0. The Hall–Kier alpha value is -2.66. The molecule has 0 saturated carbocycles. The molecule has 27 heavy (non-hydrogen) atoms. The van der Waals surface area contributed by atoms with E-state index in [4.69, 9.17) is 4.99 Å². The molecule has 2 heterocycles. The van der Waals surface area contributed by atoms with Gasteiger partial charge in [0.2, 0.25) is 0 Å². The van der Waals surface area contributed by atoms with E-state index in [0.717, 1.165) is 34.5 Å². The van der Waals surface area contributed by atoms with Gasteiger partial charge in [0.25, 0.3) is 0 Å². The largest absolute Gasteiger partial charge is 0.389 e. The van der Waals surface area contributed by atoms with Gasteiger partial charge in [-0.3, -0.25) is 9.79 Å². The fourth-order valence-corrected chi connectivity index (χ4v) is 4.42. The highest BCUT2D eigenvalue weighted by Gasteiger charge is 2.45. The second kappa shape index (κ2) is 6.82. The lowest BCUT2D eigenvalue weighted by Gasteiger charge is -2.37. The number of carbonyl (C=O) groups excluding carboxylic acids is 1. The van der Waals surface area contributed by atoms with Gasteiger partial charge in [0, 0.05) is 30.1 Å². The molecular weight excluding hydrogens is 338 g/mol. The minimum absolute atomic E-state index is 0.0979. The van der Waals surface area contributed by atoms with E-state index in [0.29, 0.717) is 19.3 Å². The molecule has 0 amide bonds. The van der Waals surface area contributed by atoms with E-state index in [9.17, 15) is 9.90 Å². The van der Waals surface area contributed by atoms with Crippen molar-refractivity contribution in [1.29, 1.82) is 0 Å². The number of hydrogen-bond acceptors (Lipinski definition) is 5. The van der Waals surface area contributed by atoms with E-state index < -0.39 is 12.0 Å². The molecule has 0 spiro atoms. The van der Waals surface area contributed by atoms with Crippen LogP contribution in [0.3, 0.4) is 0 Å². The third kappa shape index (κ3) is 2.92. The molecule has 4 rings (SSSR count). The van der Waals surface area contributed by atoms with E-state index in [2.05, 4.69) is 29.9 Å². The van der Waals surface area contributed by atoms with Crippen molar-refractivity contribution in [3.63, 3.8) is 0 Å². The first-order valence-electron chi connectivity index (χ1n) is 9.30. The molecule has 0 radical (unpaired) electrons. The number of Topliss-reactive ketones (excluding diaryl/α,β-unsaturated/α-hetero) is 1. The summed E-state index contributed by atoms with van der Waals surface area (Å²) in [6.07, 6.45) is 7.82. The van der Waals surface area contributed by atoms with E-state index >= 15 is 0 Å². The van der Waals surface area contributed by atoms with Crippen molar-refractivity contribution < 1.29 is 9.90 Å². The molecule has 1 unspecified atom stereocenters. The molecule has 5 nitrogen and oxygen atoms in total. The molecule has 5 heteroatoms. The number of ketones is 1. The van der Waals surface area contributed by atoms with Gasteiger partial charge in [-0.25, -0.2) is 9.97 Å². The van der Waals surface area contributed by atoms with Crippen LogP contribution in [0.2, 0.25) is 0 Å². The number of aliphatic hydroxyl groups is 1. The quantitative estimate of drug-likeness (QED) is 0.907. The van der Waals surface area contributed by atoms with Crippen molar-refractivity contribution in [3.8, 4) is 0 Å². The van der Waals surface area contributed by atoms with E-state index in [1.54, 1.807) is 12.4 Å². The number of aryl methyl sites for hydroxylation is 1. The first-order chi connectivity index (χ1) is 13.0. The van der Waals surface area contributed by atoms with E-state index in [1.165, 1.54) is 17.5 Å². The maximum absolute atomic E-state index is 13.0. The van der Waals surface area contributed by atoms with Gasteiger partial charge in [0.05, 0.1) is 11.1 Å². The van der Waals surface area contributed by atoms with Crippen LogP contribution in [0.1, 0.15) is 47.9 Å². The van der Waals surface area contributed by atoms with Crippen molar-refractivity contribution in [1.82, 2.24) is 9.97 Å². The molecule has 1 aliphatic carbocycles. The Morgan fingerprint density at radius 1 is 1.22 bits per heavy atom. The highest BCUT2D eigenvalue weighted by molar-refractivity contribution is 6.04. The molecule has 1 aromatic heterocycles. The summed E-state index contributed by atoms with van der Waals surface area (Å²) in [4.78, 5) is 25.9. The summed E-state index contributed by atoms with van der Waals surface area (Å²) in [5, 5.41) is 9.73. The first-order valence-corrected chi connectivity index (χ1v) is 9.30. The van der Waals surface area contributed by atoms with Crippen LogP contribution >= 0.6 is 0 Å². The van der Waals surface area contributed by atoms with Gasteiger partial charge in [-0.15, -0.1) is 0 Å². The molecule has 2 aromatic rings. The molecule has 0 bridgehead atoms. The number of carbonyl (C=O) groups is 1. The summed E-state index contributed by atoms with van der Waals surface area (Å²) in [5.41, 5.74) is 6.86. The Morgan fingerprint density at radius 2 is 2.00 bits per heavy atom. The van der Waals surface area contributed by atoms with Crippen LogP contribution in [0.4, 0.5) is 0 Å². The Morgan fingerprint density at radius 3 is 2.74 bits per heavy atom. The van der Waals surface area contributed by atoms with Crippen LogP contribution < -0.4 is 0 Å². The zero-order valence-electron chi connectivity index (χ0n) is 15.7. The number of hydrogen-bond donors (Lipinski definition) is 1. The lowest BCUT2D eigenvalue weighted by atomic mass is 9.64. The first kappa shape index (κ1) is 17.7. The lowest BCUT2D eigenvalue weighted by Crippen LogP contribution is -2.41. The normalized spacial score (nSPS) is 21.8. The van der Waals surface area contributed by atoms with Crippen molar-refractivity contribution in [3.05, 3.63) is 70.4 Å². The summed E-state index contributed by atoms with van der Waals surface area (Å²) in [7, 11) is 0. The number of aliphatic imine (C=N–C) groups is 1. The molecule has 0 saturated heterocycles. The summed E-state index contributed by atoms with van der Waals surface area (Å²) < 4.78 is 0. The molecule has 1 aliphatic heterocycles. The average Bonchev–Trinajstić information content (AvgIpc) is 3.13. The molecule has 1 aromatic carbocycles. The number of nitrogens with zero attached hydrogens (tertiary/aromatic N) is 3. The zero-order chi connectivity index (χ0) is 19.0. The van der Waals surface area contributed by atoms with Crippen LogP contribution in [0.5, 0.6) is 0 Å². The molecule has 2 aliphatic rings. The summed E-state index contributed by atoms with van der Waals surface area (Å²) in [6, 6.07) is 6.12. The lowest BCUT2D eigenvalue weighted by molar-refractivity contribution is -0.128. The summed E-state index contributed by atoms with van der Waals surface area (Å²) in [6.45, 7) is 3.70. The van der Waals surface area contributed by atoms with Crippen molar-refractivity contribution in [2.24, 2.45) is 4.99 Å². The molecule has 0 fully saturated rings. The summed E-state index contributed by atoms with van der Waals surface area (Å²) in [5.74, 6) is -0.0979. The number of rotatable bonds is 4. The van der Waals surface area contributed by atoms with Crippen molar-refractivity contribution in [2.75, 3.05) is 6.61 Å². The minimum Gasteiger partial charge on any atom is -0.389 e. The number of aromatic nitrogens is 2. The highest BCUT2D eigenvalue weighted by Crippen LogP contribution is 2.47.